The Balaban J connectivity index is 2.42. The van der Waals surface area contributed by atoms with Crippen molar-refractivity contribution in [2.24, 2.45) is 0 Å². The number of benzene rings is 1. The average Bonchev–Trinajstić information content (AvgIpc) is 2.12. The zero-order valence-electron chi connectivity index (χ0n) is 12.2. The minimum Gasteiger partial charge on any atom is -0.311 e. The Kier molecular flexibility index (Phi) is 5.29. The predicted octanol–water partition coefficient (Wildman–Crippen LogP) is 2.95. The van der Waals surface area contributed by atoms with Gasteiger partial charge < -0.3 is 10.2 Å². The monoisotopic (exact) mass is 252 g/mol. The number of rotatable bonds is 5. The molecule has 1 aromatic carbocycles. The first-order valence-electron chi connectivity index (χ1n) is 6.46. The standard InChI is InChI=1S/C15H25FN2/c1-12-8-13(10-14(16)9-12)11-18(5)7-6-17-15(2,3)4/h8-10,17H,6-7,11H2,1-5H3. The molecule has 1 N–H and O–H groups in total. The van der Waals surface area contributed by atoms with Crippen LogP contribution in [0.2, 0.25) is 0 Å². The summed E-state index contributed by atoms with van der Waals surface area (Å²) in [7, 11) is 2.06. The van der Waals surface area contributed by atoms with Crippen LogP contribution in [0.1, 0.15) is 31.9 Å². The van der Waals surface area contributed by atoms with E-state index in [9.17, 15) is 4.39 Å². The molecule has 0 aliphatic rings. The lowest BCUT2D eigenvalue weighted by Crippen LogP contribution is -2.40. The molecular weight excluding hydrogens is 227 g/mol. The SMILES string of the molecule is Cc1cc(F)cc(CN(C)CCNC(C)(C)C)c1. The van der Waals surface area contributed by atoms with Gasteiger partial charge >= 0.3 is 0 Å². The van der Waals surface area contributed by atoms with Crippen molar-refractivity contribution < 1.29 is 4.39 Å². The average molecular weight is 252 g/mol. The Hall–Kier alpha value is -0.930. The highest BCUT2D eigenvalue weighted by molar-refractivity contribution is 5.23. The smallest absolute Gasteiger partial charge is 0.123 e. The molecule has 2 nitrogen and oxygen atoms in total. The molecule has 0 atom stereocenters. The minimum absolute atomic E-state index is 0.147. The van der Waals surface area contributed by atoms with Crippen LogP contribution in [0.5, 0.6) is 0 Å². The van der Waals surface area contributed by atoms with Crippen LogP contribution in [0, 0.1) is 12.7 Å². The summed E-state index contributed by atoms with van der Waals surface area (Å²) in [4.78, 5) is 2.20. The number of nitrogens with zero attached hydrogens (tertiary/aromatic N) is 1. The molecule has 0 fully saturated rings. The van der Waals surface area contributed by atoms with E-state index in [0.717, 1.165) is 30.8 Å². The van der Waals surface area contributed by atoms with Crippen LogP contribution in [0.3, 0.4) is 0 Å². The van der Waals surface area contributed by atoms with E-state index >= 15 is 0 Å². The van der Waals surface area contributed by atoms with Gasteiger partial charge in [-0.25, -0.2) is 4.39 Å². The van der Waals surface area contributed by atoms with Gasteiger partial charge in [-0.1, -0.05) is 6.07 Å². The first-order chi connectivity index (χ1) is 8.26. The van der Waals surface area contributed by atoms with Gasteiger partial charge in [0, 0.05) is 25.2 Å². The Morgan fingerprint density at radius 1 is 1.22 bits per heavy atom. The lowest BCUT2D eigenvalue weighted by atomic mass is 10.1. The quantitative estimate of drug-likeness (QED) is 0.866. The van der Waals surface area contributed by atoms with E-state index in [1.807, 2.05) is 13.0 Å². The largest absolute Gasteiger partial charge is 0.311 e. The topological polar surface area (TPSA) is 15.3 Å². The van der Waals surface area contributed by atoms with E-state index in [4.69, 9.17) is 0 Å². The lowest BCUT2D eigenvalue weighted by Gasteiger charge is -2.23. The zero-order chi connectivity index (χ0) is 13.8. The molecule has 0 aliphatic carbocycles. The maximum atomic E-state index is 13.3. The highest BCUT2D eigenvalue weighted by Gasteiger charge is 2.09. The summed E-state index contributed by atoms with van der Waals surface area (Å²) in [5, 5.41) is 3.45. The highest BCUT2D eigenvalue weighted by Crippen LogP contribution is 2.10. The van der Waals surface area contributed by atoms with E-state index in [-0.39, 0.29) is 11.4 Å². The molecule has 0 radical (unpaired) electrons. The molecule has 3 heteroatoms. The van der Waals surface area contributed by atoms with Crippen molar-refractivity contribution in [1.29, 1.82) is 0 Å². The molecule has 0 aromatic heterocycles. The third-order valence-electron chi connectivity index (χ3n) is 2.70. The maximum absolute atomic E-state index is 13.3. The first-order valence-corrected chi connectivity index (χ1v) is 6.46. The van der Waals surface area contributed by atoms with Crippen LogP contribution in [0.25, 0.3) is 0 Å². The third kappa shape index (κ3) is 6.12. The van der Waals surface area contributed by atoms with Gasteiger partial charge in [-0.15, -0.1) is 0 Å². The number of aryl methyl sites for hydroxylation is 1. The van der Waals surface area contributed by atoms with Crippen LogP contribution in [-0.2, 0) is 6.54 Å². The van der Waals surface area contributed by atoms with Gasteiger partial charge in [0.05, 0.1) is 0 Å². The molecule has 1 aromatic rings. The molecule has 0 bridgehead atoms. The van der Waals surface area contributed by atoms with Gasteiger partial charge in [-0.05, 0) is 58.0 Å². The molecule has 18 heavy (non-hydrogen) atoms. The minimum atomic E-state index is -0.147. The number of hydrogen-bond donors (Lipinski definition) is 1. The van der Waals surface area contributed by atoms with Crippen molar-refractivity contribution in [3.8, 4) is 0 Å². The van der Waals surface area contributed by atoms with Crippen LogP contribution < -0.4 is 5.32 Å². The van der Waals surface area contributed by atoms with E-state index in [0.29, 0.717) is 0 Å². The van der Waals surface area contributed by atoms with Crippen molar-refractivity contribution in [3.05, 3.63) is 35.1 Å². The van der Waals surface area contributed by atoms with Crippen molar-refractivity contribution in [2.75, 3.05) is 20.1 Å². The molecule has 1 rings (SSSR count). The summed E-state index contributed by atoms with van der Waals surface area (Å²) in [6.45, 7) is 11.1. The number of likely N-dealkylation sites (N-methyl/N-ethyl adjacent to an activating group) is 1. The Bertz CT molecular complexity index is 362. The number of halogens is 1. The van der Waals surface area contributed by atoms with Crippen molar-refractivity contribution in [2.45, 2.75) is 39.8 Å². The number of hydrogen-bond acceptors (Lipinski definition) is 2. The molecule has 102 valence electrons. The van der Waals surface area contributed by atoms with Gasteiger partial charge in [0.2, 0.25) is 0 Å². The fourth-order valence-electron chi connectivity index (χ4n) is 1.92. The van der Waals surface area contributed by atoms with E-state index in [1.165, 1.54) is 0 Å². The Morgan fingerprint density at radius 3 is 2.44 bits per heavy atom. The predicted molar refractivity (Wildman–Crippen MR) is 75.2 cm³/mol. The molecule has 0 saturated heterocycles. The highest BCUT2D eigenvalue weighted by atomic mass is 19.1. The summed E-state index contributed by atoms with van der Waals surface area (Å²) < 4.78 is 13.3. The molecule has 0 amide bonds. The van der Waals surface area contributed by atoms with Gasteiger partial charge in [0.1, 0.15) is 5.82 Å². The molecular formula is C15H25FN2. The maximum Gasteiger partial charge on any atom is 0.123 e. The molecule has 0 heterocycles. The second kappa shape index (κ2) is 6.30. The first kappa shape index (κ1) is 15.1. The van der Waals surface area contributed by atoms with Gasteiger partial charge in [-0.2, -0.15) is 0 Å². The van der Waals surface area contributed by atoms with E-state index in [1.54, 1.807) is 12.1 Å². The summed E-state index contributed by atoms with van der Waals surface area (Å²) in [6.07, 6.45) is 0. The fraction of sp³-hybridized carbons (Fsp3) is 0.600. The van der Waals surface area contributed by atoms with Crippen LogP contribution in [-0.4, -0.2) is 30.6 Å². The van der Waals surface area contributed by atoms with Gasteiger partial charge in [0.15, 0.2) is 0 Å². The van der Waals surface area contributed by atoms with Gasteiger partial charge in [-0.3, -0.25) is 0 Å². The molecule has 0 aliphatic heterocycles. The molecule has 0 unspecified atom stereocenters. The second-order valence-electron chi connectivity index (χ2n) is 6.05. The Morgan fingerprint density at radius 2 is 1.89 bits per heavy atom. The third-order valence-corrected chi connectivity index (χ3v) is 2.70. The zero-order valence-corrected chi connectivity index (χ0v) is 12.2. The van der Waals surface area contributed by atoms with Crippen molar-refractivity contribution in [3.63, 3.8) is 0 Å². The number of nitrogens with one attached hydrogen (secondary N) is 1. The molecule has 0 saturated carbocycles. The Labute approximate surface area is 110 Å². The van der Waals surface area contributed by atoms with Crippen molar-refractivity contribution >= 4 is 0 Å². The van der Waals surface area contributed by atoms with Crippen LogP contribution in [0.15, 0.2) is 18.2 Å². The fourth-order valence-corrected chi connectivity index (χ4v) is 1.92. The van der Waals surface area contributed by atoms with Crippen LogP contribution >= 0.6 is 0 Å². The molecule has 0 spiro atoms. The van der Waals surface area contributed by atoms with E-state index < -0.39 is 0 Å². The second-order valence-corrected chi connectivity index (χ2v) is 6.05. The summed E-state index contributed by atoms with van der Waals surface area (Å²) in [6, 6.07) is 5.21. The summed E-state index contributed by atoms with van der Waals surface area (Å²) in [5.41, 5.74) is 2.16. The van der Waals surface area contributed by atoms with Crippen molar-refractivity contribution in [1.82, 2.24) is 10.2 Å². The summed E-state index contributed by atoms with van der Waals surface area (Å²) >= 11 is 0. The lowest BCUT2D eigenvalue weighted by molar-refractivity contribution is 0.303. The van der Waals surface area contributed by atoms with Crippen LogP contribution in [0.4, 0.5) is 4.39 Å². The van der Waals surface area contributed by atoms with Gasteiger partial charge in [0.25, 0.3) is 0 Å². The van der Waals surface area contributed by atoms with E-state index in [2.05, 4.69) is 38.0 Å². The summed E-state index contributed by atoms with van der Waals surface area (Å²) in [5.74, 6) is -0.147. The normalized spacial score (nSPS) is 12.2.